The second kappa shape index (κ2) is 38.1. The van der Waals surface area contributed by atoms with Gasteiger partial charge in [-0.05, 0) is 152 Å². The number of hydrogen-bond acceptors (Lipinski definition) is 21. The molecule has 0 unspecified atom stereocenters. The van der Waals surface area contributed by atoms with Crippen molar-refractivity contribution < 1.29 is 72.9 Å². The normalized spacial score (nSPS) is 12.4. The maximum absolute atomic E-state index is 12.8. The lowest BCUT2D eigenvalue weighted by molar-refractivity contribution is -0.124. The van der Waals surface area contributed by atoms with E-state index < -0.39 is 25.0 Å². The number of halogens is 1. The van der Waals surface area contributed by atoms with E-state index in [0.717, 1.165) is 74.8 Å². The Bertz CT molecular complexity index is 4410. The van der Waals surface area contributed by atoms with Crippen LogP contribution in [-0.2, 0) is 32.2 Å². The second-order valence-corrected chi connectivity index (χ2v) is 28.8. The number of carbonyl (C=O) groups is 9. The summed E-state index contributed by atoms with van der Waals surface area (Å²) in [5.74, 6) is -2.15. The van der Waals surface area contributed by atoms with Gasteiger partial charge in [0.05, 0.1) is 78.6 Å². The molecule has 0 spiro atoms. The molecule has 27 heteroatoms. The number of carbonyl (C=O) groups excluding carboxylic acids is 7. The summed E-state index contributed by atoms with van der Waals surface area (Å²) in [6, 6.07) is 60.8. The molecule has 12 rings (SSSR count). The Morgan fingerprint density at radius 3 is 1.23 bits per heavy atom. The van der Waals surface area contributed by atoms with Crippen LogP contribution in [0.1, 0.15) is 86.5 Å². The van der Waals surface area contributed by atoms with Crippen molar-refractivity contribution in [3.8, 4) is 31.3 Å². The van der Waals surface area contributed by atoms with Crippen LogP contribution in [-0.4, -0.2) is 120 Å². The minimum Gasteiger partial charge on any atom is -0.478 e. The number of nitrogens with zero attached hydrogens (tertiary/aromatic N) is 2. The van der Waals surface area contributed by atoms with Crippen molar-refractivity contribution in [2.45, 2.75) is 13.1 Å². The first-order chi connectivity index (χ1) is 46.7. The Kier molecular flexibility index (Phi) is 29.6. The van der Waals surface area contributed by atoms with Crippen LogP contribution in [0.15, 0.2) is 215 Å². The van der Waals surface area contributed by atoms with Crippen molar-refractivity contribution in [2.24, 2.45) is 0 Å². The molecule has 2 aliphatic rings. The number of benzene rings is 6. The van der Waals surface area contributed by atoms with Gasteiger partial charge in [0.2, 0.25) is 5.91 Å². The Balaban J connectivity index is 0.000000171. The molecule has 492 valence electrons. The van der Waals surface area contributed by atoms with Crippen molar-refractivity contribution in [3.63, 3.8) is 0 Å². The number of aldehydes is 3. The highest BCUT2D eigenvalue weighted by Crippen LogP contribution is 2.37. The SMILES string of the molecule is COC(=O)c1ccc(-c2ccc(C=O)s2)cc1.COC(=O)c1ccc(B(O)O)cc1.O=C(O)c1ccc(-c2ccc(/C=C3\SC(=S)N(Cc4ccccc4)C3=O)s2)cc1.O=C1CSC(=S)N1Cc1ccccc1.O=Cc1ccc(-c2ccc(C(=O)O)cc2)s1.O=Cc1ccc(Br)s1. The number of rotatable bonds is 16. The molecule has 0 aliphatic carbocycles. The Morgan fingerprint density at radius 1 is 0.495 bits per heavy atom. The third kappa shape index (κ3) is 22.8. The van der Waals surface area contributed by atoms with Crippen LogP contribution >= 0.6 is 109 Å². The monoisotopic (exact) mass is 1510 g/mol. The van der Waals surface area contributed by atoms with Gasteiger partial charge in [-0.1, -0.05) is 157 Å². The van der Waals surface area contributed by atoms with Gasteiger partial charge in [0.15, 0.2) is 18.9 Å². The van der Waals surface area contributed by atoms with Crippen molar-refractivity contribution in [1.82, 2.24) is 9.80 Å². The fourth-order valence-corrected chi connectivity index (χ4v) is 14.5. The van der Waals surface area contributed by atoms with Gasteiger partial charge < -0.3 is 29.7 Å². The Labute approximate surface area is 601 Å². The zero-order valence-corrected chi connectivity index (χ0v) is 59.1. The third-order valence-electron chi connectivity index (χ3n) is 13.2. The molecule has 2 saturated heterocycles. The predicted molar refractivity (Wildman–Crippen MR) is 398 cm³/mol. The molecule has 2 fully saturated rings. The van der Waals surface area contributed by atoms with Crippen LogP contribution in [0, 0.1) is 0 Å². The van der Waals surface area contributed by atoms with Gasteiger partial charge in [0.1, 0.15) is 8.64 Å². The van der Waals surface area contributed by atoms with E-state index in [1.165, 1.54) is 96.0 Å². The summed E-state index contributed by atoms with van der Waals surface area (Å²) in [7, 11) is 1.13. The predicted octanol–water partition coefficient (Wildman–Crippen LogP) is 15.0. The van der Waals surface area contributed by atoms with E-state index in [1.807, 2.05) is 109 Å². The van der Waals surface area contributed by atoms with Crippen LogP contribution in [0.5, 0.6) is 0 Å². The summed E-state index contributed by atoms with van der Waals surface area (Å²) < 4.78 is 11.3. The number of carboxylic acid groups (broad SMARTS) is 2. The van der Waals surface area contributed by atoms with E-state index in [1.54, 1.807) is 100.0 Å². The molecule has 10 aromatic rings. The molecule has 0 radical (unpaired) electrons. The molecule has 4 N–H and O–H groups in total. The zero-order valence-electron chi connectivity index (χ0n) is 51.0. The maximum Gasteiger partial charge on any atom is 0.488 e. The quantitative estimate of drug-likeness (QED) is 0.0230. The van der Waals surface area contributed by atoms with E-state index in [9.17, 15) is 43.2 Å². The number of thiocarbonyl (C=S) groups is 2. The van der Waals surface area contributed by atoms with Gasteiger partial charge >= 0.3 is 31.0 Å². The van der Waals surface area contributed by atoms with E-state index >= 15 is 0 Å². The van der Waals surface area contributed by atoms with Crippen LogP contribution in [0.4, 0.5) is 0 Å². The largest absolute Gasteiger partial charge is 0.488 e. The van der Waals surface area contributed by atoms with Crippen LogP contribution in [0.25, 0.3) is 37.4 Å². The molecule has 0 atom stereocenters. The average Bonchev–Trinajstić information content (AvgIpc) is 1.68. The van der Waals surface area contributed by atoms with E-state index in [-0.39, 0.29) is 28.9 Å². The van der Waals surface area contributed by atoms with Gasteiger partial charge in [-0.25, -0.2) is 19.2 Å². The first kappa shape index (κ1) is 75.4. The van der Waals surface area contributed by atoms with Crippen molar-refractivity contribution in [1.29, 1.82) is 0 Å². The van der Waals surface area contributed by atoms with Gasteiger partial charge in [0, 0.05) is 19.5 Å². The maximum atomic E-state index is 12.8. The summed E-state index contributed by atoms with van der Waals surface area (Å²) >= 11 is 22.3. The second-order valence-electron chi connectivity index (χ2n) is 19.7. The minimum atomic E-state index is -1.51. The number of methoxy groups -OCH3 is 2. The highest BCUT2D eigenvalue weighted by atomic mass is 79.9. The van der Waals surface area contributed by atoms with Gasteiger partial charge in [-0.3, -0.25) is 33.8 Å². The summed E-state index contributed by atoms with van der Waals surface area (Å²) in [5, 5.41) is 35.3. The molecule has 6 heterocycles. The van der Waals surface area contributed by atoms with E-state index in [4.69, 9.17) is 44.7 Å². The third-order valence-corrected chi connectivity index (χ3v) is 20.8. The molecule has 2 aliphatic heterocycles. The lowest BCUT2D eigenvalue weighted by atomic mass is 9.80. The van der Waals surface area contributed by atoms with Crippen LogP contribution < -0.4 is 5.46 Å². The molecule has 2 amide bonds. The topological polar surface area (TPSA) is 259 Å². The lowest BCUT2D eigenvalue weighted by Gasteiger charge is -2.14. The lowest BCUT2D eigenvalue weighted by Crippen LogP contribution is -2.29. The molecule has 0 bridgehead atoms. The fraction of sp³-hybridized carbons (Fsp3) is 0.0714. The Morgan fingerprint density at radius 2 is 0.876 bits per heavy atom. The summed E-state index contributed by atoms with van der Waals surface area (Å²) in [5.41, 5.74) is 6.75. The van der Waals surface area contributed by atoms with Gasteiger partial charge in [-0.2, -0.15) is 0 Å². The number of amides is 2. The smallest absolute Gasteiger partial charge is 0.478 e. The highest BCUT2D eigenvalue weighted by Gasteiger charge is 2.32. The molecule has 6 aromatic carbocycles. The number of hydrogen-bond donors (Lipinski definition) is 4. The van der Waals surface area contributed by atoms with E-state index in [2.05, 4.69) is 25.4 Å². The van der Waals surface area contributed by atoms with E-state index in [0.29, 0.717) is 58.7 Å². The first-order valence-corrected chi connectivity index (χ1v) is 35.0. The highest BCUT2D eigenvalue weighted by molar-refractivity contribution is 9.11. The number of thiophene rings is 4. The average molecular weight is 1510 g/mol. The summed E-state index contributed by atoms with van der Waals surface area (Å²) in [4.78, 5) is 109. The number of thioether (sulfide) groups is 2. The van der Waals surface area contributed by atoms with Crippen LogP contribution in [0.3, 0.4) is 0 Å². The Hall–Kier alpha value is -8.97. The number of ether oxygens (including phenoxy) is 2. The first-order valence-electron chi connectivity index (χ1n) is 28.3. The zero-order chi connectivity index (χ0) is 70.0. The number of carboxylic acids is 2. The molecule has 0 saturated carbocycles. The summed E-state index contributed by atoms with van der Waals surface area (Å²) in [6.07, 6.45) is 4.34. The molecule has 97 heavy (non-hydrogen) atoms. The van der Waals surface area contributed by atoms with Crippen LogP contribution in [0.2, 0.25) is 0 Å². The standard InChI is InChI=1S/C22H15NO3S3.C13H10O3S.C12H8O3S.C10H9NOS2.C8H9BO4.C5H3BrOS/c24-20-19(29-22(27)23(20)13-14-4-2-1-3-5-14)12-17-10-11-18(28-17)15-6-8-16(9-7-15)21(25)26;1-16-13(15)10-4-2-9(3-5-10)12-7-6-11(8-14)17-12;13-7-10-5-6-11(16-10)8-1-3-9(4-2-8)12(14)15;12-9-7-14-10(13)11(9)6-8-4-2-1-3-5-8;1-13-8(10)6-2-4-7(5-3-6)9(11)12;6-5-2-1-4(3-7)8-5/h1-12H,13H2,(H,25,26);2-8H,1H3;1-7H,(H,14,15);1-5H,6-7H2;2-5,11-12H,1H3;1-3H/b19-12-;;;;;. The van der Waals surface area contributed by atoms with Crippen molar-refractivity contribution >= 4 is 191 Å². The number of esters is 2. The summed E-state index contributed by atoms with van der Waals surface area (Å²) in [6.45, 7) is 1.07. The molecule has 4 aromatic heterocycles. The molecular weight excluding hydrogens is 1460 g/mol. The molecular formula is C70H54BBrN2O15S8. The number of aromatic carboxylic acids is 2. The van der Waals surface area contributed by atoms with Crippen molar-refractivity contribution in [2.75, 3.05) is 20.0 Å². The molecule has 17 nitrogen and oxygen atoms in total. The van der Waals surface area contributed by atoms with Gasteiger partial charge in [0.25, 0.3) is 5.91 Å². The van der Waals surface area contributed by atoms with Gasteiger partial charge in [-0.15, -0.1) is 45.3 Å². The van der Waals surface area contributed by atoms with Crippen molar-refractivity contribution in [3.05, 3.63) is 268 Å². The fourth-order valence-electron chi connectivity index (χ4n) is 8.30. The minimum absolute atomic E-state index is 0.0791.